The Hall–Kier alpha value is -3.46. The maximum Gasteiger partial charge on any atom is 0.351 e. The number of benzene rings is 1. The molecule has 0 bridgehead atoms. The molecule has 0 saturated carbocycles. The van der Waals surface area contributed by atoms with Crippen molar-refractivity contribution < 1.29 is 19.1 Å². The summed E-state index contributed by atoms with van der Waals surface area (Å²) in [4.78, 5) is 39.8. The zero-order chi connectivity index (χ0) is 25.2. The summed E-state index contributed by atoms with van der Waals surface area (Å²) < 4.78 is 12.2. The Bertz CT molecular complexity index is 1270. The van der Waals surface area contributed by atoms with Gasteiger partial charge in [0.1, 0.15) is 15.3 Å². The molecule has 2 heterocycles. The number of aromatic nitrogens is 1. The number of ether oxygens (including phenoxy) is 2. The summed E-state index contributed by atoms with van der Waals surface area (Å²) in [6.45, 7) is 8.29. The average molecular weight is 500 g/mol. The molecule has 2 aromatic rings. The molecule has 10 nitrogen and oxygen atoms in total. The molecule has 0 spiro atoms. The van der Waals surface area contributed by atoms with Gasteiger partial charge in [0.25, 0.3) is 11.5 Å². The molecule has 0 radical (unpaired) electrons. The molecule has 0 unspecified atom stereocenters. The van der Waals surface area contributed by atoms with E-state index >= 15 is 0 Å². The molecule has 1 amide bonds. The van der Waals surface area contributed by atoms with Crippen LogP contribution in [0.25, 0.3) is 11.8 Å². The van der Waals surface area contributed by atoms with E-state index in [1.807, 2.05) is 6.07 Å². The van der Waals surface area contributed by atoms with Gasteiger partial charge in [-0.25, -0.2) is 4.79 Å². The van der Waals surface area contributed by atoms with Crippen LogP contribution < -0.4 is 25.4 Å². The standard InChI is InChI=1S/C24H29N5O5S/c1-3-29-22(31)20(35-23(29)19(15-25)24(32)34-4-2)16-27-18-7-5-6-17(14-18)21(30)26-8-9-28-10-12-33-13-11-28/h5-7,14,16,27H,3-4,8-13H2,1-2H3,(H,26,30)/b20-16+,23-19-. The van der Waals surface area contributed by atoms with Gasteiger partial charge in [-0.05, 0) is 32.0 Å². The van der Waals surface area contributed by atoms with Crippen molar-refractivity contribution in [3.8, 4) is 6.07 Å². The Balaban J connectivity index is 1.75. The number of nitrogens with zero attached hydrogens (tertiary/aromatic N) is 3. The van der Waals surface area contributed by atoms with E-state index < -0.39 is 5.97 Å². The number of hydrogen-bond donors (Lipinski definition) is 2. The molecule has 11 heteroatoms. The molecule has 0 atom stereocenters. The summed E-state index contributed by atoms with van der Waals surface area (Å²) in [6.07, 6.45) is 1.51. The van der Waals surface area contributed by atoms with Crippen LogP contribution in [0.15, 0.2) is 29.1 Å². The van der Waals surface area contributed by atoms with Crippen LogP contribution in [-0.4, -0.2) is 67.3 Å². The predicted molar refractivity (Wildman–Crippen MR) is 133 cm³/mol. The number of nitriles is 1. The Morgan fingerprint density at radius 1 is 1.29 bits per heavy atom. The highest BCUT2D eigenvalue weighted by Gasteiger charge is 2.16. The fourth-order valence-corrected chi connectivity index (χ4v) is 4.61. The number of rotatable bonds is 9. The molecule has 1 aliphatic rings. The van der Waals surface area contributed by atoms with Crippen LogP contribution in [0, 0.1) is 11.3 Å². The van der Waals surface area contributed by atoms with Gasteiger partial charge >= 0.3 is 5.97 Å². The number of nitrogens with one attached hydrogen (secondary N) is 2. The molecular formula is C24H29N5O5S. The van der Waals surface area contributed by atoms with Crippen LogP contribution in [0.4, 0.5) is 5.69 Å². The van der Waals surface area contributed by atoms with Crippen LogP contribution in [0.3, 0.4) is 0 Å². The molecule has 0 aliphatic carbocycles. The predicted octanol–water partition coefficient (Wildman–Crippen LogP) is 0.0792. The van der Waals surface area contributed by atoms with E-state index in [0.29, 0.717) is 42.1 Å². The third kappa shape index (κ3) is 6.79. The van der Waals surface area contributed by atoms with Crippen LogP contribution in [0.1, 0.15) is 24.2 Å². The monoisotopic (exact) mass is 499 g/mol. The van der Waals surface area contributed by atoms with Gasteiger partial charge in [-0.3, -0.25) is 19.1 Å². The number of hydrogen-bond acceptors (Lipinski definition) is 9. The van der Waals surface area contributed by atoms with Crippen molar-refractivity contribution in [2.24, 2.45) is 0 Å². The highest BCUT2D eigenvalue weighted by atomic mass is 32.1. The summed E-state index contributed by atoms with van der Waals surface area (Å²) in [5.74, 6) is -0.943. The first-order valence-corrected chi connectivity index (χ1v) is 12.3. The summed E-state index contributed by atoms with van der Waals surface area (Å²) in [6, 6.07) is 8.79. The summed E-state index contributed by atoms with van der Waals surface area (Å²) >= 11 is 1.03. The largest absolute Gasteiger partial charge is 0.462 e. The average Bonchev–Trinajstić information content (AvgIpc) is 3.18. The number of carbonyl (C=O) groups is 2. The second-order valence-corrected chi connectivity index (χ2v) is 8.64. The van der Waals surface area contributed by atoms with Crippen LogP contribution in [-0.2, 0) is 20.8 Å². The number of amides is 1. The van der Waals surface area contributed by atoms with Gasteiger partial charge in [0.2, 0.25) is 0 Å². The highest BCUT2D eigenvalue weighted by Crippen LogP contribution is 2.10. The summed E-state index contributed by atoms with van der Waals surface area (Å²) in [7, 11) is 0. The van der Waals surface area contributed by atoms with Crippen molar-refractivity contribution in [1.29, 1.82) is 5.26 Å². The zero-order valence-electron chi connectivity index (χ0n) is 19.8. The number of anilines is 1. The maximum absolute atomic E-state index is 12.8. The van der Waals surface area contributed by atoms with Crippen molar-refractivity contribution in [3.63, 3.8) is 0 Å². The molecule has 1 saturated heterocycles. The fraction of sp³-hybridized carbons (Fsp3) is 0.417. The van der Waals surface area contributed by atoms with Crippen LogP contribution in [0.2, 0.25) is 0 Å². The second kappa shape index (κ2) is 12.9. The molecule has 1 fully saturated rings. The quantitative estimate of drug-likeness (QED) is 0.465. The minimum atomic E-state index is -0.759. The number of morpholine rings is 1. The Morgan fingerprint density at radius 2 is 2.06 bits per heavy atom. The Labute approximate surface area is 207 Å². The Morgan fingerprint density at radius 3 is 2.74 bits per heavy atom. The number of esters is 1. The van der Waals surface area contributed by atoms with E-state index in [9.17, 15) is 19.6 Å². The van der Waals surface area contributed by atoms with E-state index in [0.717, 1.165) is 31.0 Å². The molecule has 2 N–H and O–H groups in total. The lowest BCUT2D eigenvalue weighted by Crippen LogP contribution is -2.41. The lowest BCUT2D eigenvalue weighted by atomic mass is 10.2. The molecule has 35 heavy (non-hydrogen) atoms. The maximum atomic E-state index is 12.8. The van der Waals surface area contributed by atoms with Crippen molar-refractivity contribution in [2.45, 2.75) is 20.4 Å². The lowest BCUT2D eigenvalue weighted by molar-refractivity contribution is -0.136. The first-order chi connectivity index (χ1) is 17.0. The summed E-state index contributed by atoms with van der Waals surface area (Å²) in [5, 5.41) is 15.4. The van der Waals surface area contributed by atoms with Crippen molar-refractivity contribution >= 4 is 40.7 Å². The van der Waals surface area contributed by atoms with Crippen molar-refractivity contribution in [1.82, 2.24) is 14.8 Å². The lowest BCUT2D eigenvalue weighted by Gasteiger charge is -2.26. The van der Waals surface area contributed by atoms with Gasteiger partial charge in [0, 0.05) is 50.2 Å². The van der Waals surface area contributed by atoms with E-state index in [1.54, 1.807) is 38.1 Å². The summed E-state index contributed by atoms with van der Waals surface area (Å²) in [5.41, 5.74) is 0.587. The van der Waals surface area contributed by atoms with Crippen LogP contribution >= 0.6 is 11.3 Å². The van der Waals surface area contributed by atoms with Crippen molar-refractivity contribution in [2.75, 3.05) is 51.3 Å². The number of carbonyl (C=O) groups excluding carboxylic acids is 2. The third-order valence-corrected chi connectivity index (χ3v) is 6.47. The molecule has 1 aromatic heterocycles. The van der Waals surface area contributed by atoms with E-state index in [1.165, 1.54) is 10.8 Å². The van der Waals surface area contributed by atoms with Crippen molar-refractivity contribution in [3.05, 3.63) is 49.4 Å². The smallest absolute Gasteiger partial charge is 0.351 e. The topological polar surface area (TPSA) is 126 Å². The third-order valence-electron chi connectivity index (χ3n) is 5.34. The van der Waals surface area contributed by atoms with E-state index in [2.05, 4.69) is 15.5 Å². The first-order valence-electron chi connectivity index (χ1n) is 11.4. The fourth-order valence-electron chi connectivity index (χ4n) is 3.53. The number of thiazole rings is 1. The van der Waals surface area contributed by atoms with E-state index in [-0.39, 0.29) is 28.3 Å². The van der Waals surface area contributed by atoms with Gasteiger partial charge in [-0.15, -0.1) is 11.3 Å². The SMILES string of the molecule is CCOC(=O)/C(C#N)=c1\s/c(=C/Nc2cccc(C(=O)NCCN3CCOCC3)c2)c(=O)n1CC. The van der Waals surface area contributed by atoms with E-state index in [4.69, 9.17) is 9.47 Å². The molecule has 3 rings (SSSR count). The van der Waals surface area contributed by atoms with Gasteiger partial charge < -0.3 is 20.1 Å². The van der Waals surface area contributed by atoms with Gasteiger partial charge in [0.15, 0.2) is 5.57 Å². The van der Waals surface area contributed by atoms with Gasteiger partial charge in [-0.2, -0.15) is 5.26 Å². The molecule has 1 aliphatic heterocycles. The van der Waals surface area contributed by atoms with Gasteiger partial charge in [0.05, 0.1) is 19.8 Å². The molecular weight excluding hydrogens is 470 g/mol. The Kier molecular flexibility index (Phi) is 9.60. The minimum absolute atomic E-state index is 0.128. The second-order valence-electron chi connectivity index (χ2n) is 7.61. The van der Waals surface area contributed by atoms with Crippen LogP contribution in [0.5, 0.6) is 0 Å². The first kappa shape index (κ1) is 26.2. The minimum Gasteiger partial charge on any atom is -0.462 e. The molecule has 1 aromatic carbocycles. The normalized spacial score (nSPS) is 15.3. The highest BCUT2D eigenvalue weighted by molar-refractivity contribution is 7.07. The molecule has 186 valence electrons. The zero-order valence-corrected chi connectivity index (χ0v) is 20.7. The van der Waals surface area contributed by atoms with Gasteiger partial charge in [-0.1, -0.05) is 6.07 Å².